The van der Waals surface area contributed by atoms with E-state index >= 15 is 0 Å². The van der Waals surface area contributed by atoms with Gasteiger partial charge in [0.2, 0.25) is 0 Å². The van der Waals surface area contributed by atoms with Crippen LogP contribution in [0.2, 0.25) is 0 Å². The fourth-order valence-electron chi connectivity index (χ4n) is 3.09. The van der Waals surface area contributed by atoms with Crippen molar-refractivity contribution in [2.75, 3.05) is 27.4 Å². The molecule has 1 N–H and O–H groups in total. The van der Waals surface area contributed by atoms with Crippen LogP contribution < -0.4 is 15.6 Å². The molecule has 6 heteroatoms. The van der Waals surface area contributed by atoms with Gasteiger partial charge >= 0.3 is 0 Å². The Balaban J connectivity index is 1.89. The van der Waals surface area contributed by atoms with Crippen LogP contribution in [0.4, 0.5) is 0 Å². The molecular weight excluding hydrogens is 356 g/mol. The number of nitrogens with one attached hydrogen (secondary N) is 1. The second-order valence-electron chi connectivity index (χ2n) is 6.43. The standard InChI is InChI=1S/C22H24N2O4/c1-27-14-12-23-21(25)20-15-24(22(26)19-6-4-3-5-18(19)20)13-11-16-7-9-17(28-2)10-8-16/h3-10,15H,11-14H2,1-2H3,(H,23,25). The number of carbonyl (C=O) groups is 1. The summed E-state index contributed by atoms with van der Waals surface area (Å²) in [6, 6.07) is 14.9. The molecule has 3 rings (SSSR count). The van der Waals surface area contributed by atoms with Gasteiger partial charge in [0.1, 0.15) is 5.75 Å². The van der Waals surface area contributed by atoms with Gasteiger partial charge in [-0.3, -0.25) is 9.59 Å². The average Bonchev–Trinajstić information content (AvgIpc) is 2.74. The number of carbonyl (C=O) groups excluding carboxylic acids is 1. The third-order valence-electron chi connectivity index (χ3n) is 4.63. The fourth-order valence-corrected chi connectivity index (χ4v) is 3.09. The van der Waals surface area contributed by atoms with E-state index < -0.39 is 0 Å². The van der Waals surface area contributed by atoms with Crippen molar-refractivity contribution in [2.24, 2.45) is 0 Å². The monoisotopic (exact) mass is 380 g/mol. The molecule has 28 heavy (non-hydrogen) atoms. The fraction of sp³-hybridized carbons (Fsp3) is 0.273. The highest BCUT2D eigenvalue weighted by molar-refractivity contribution is 6.06. The molecule has 0 fully saturated rings. The van der Waals surface area contributed by atoms with Crippen molar-refractivity contribution in [1.29, 1.82) is 0 Å². The molecule has 0 spiro atoms. The zero-order chi connectivity index (χ0) is 19.9. The highest BCUT2D eigenvalue weighted by atomic mass is 16.5. The van der Waals surface area contributed by atoms with Gasteiger partial charge in [-0.2, -0.15) is 0 Å². The molecule has 146 valence electrons. The Morgan fingerprint density at radius 2 is 1.75 bits per heavy atom. The summed E-state index contributed by atoms with van der Waals surface area (Å²) >= 11 is 0. The van der Waals surface area contributed by atoms with Crippen molar-refractivity contribution in [3.05, 3.63) is 76.2 Å². The predicted octanol–water partition coefficient (Wildman–Crippen LogP) is 2.63. The van der Waals surface area contributed by atoms with Crippen LogP contribution in [0, 0.1) is 0 Å². The molecule has 1 heterocycles. The number of amides is 1. The number of aryl methyl sites for hydroxylation is 2. The lowest BCUT2D eigenvalue weighted by Gasteiger charge is -2.13. The Morgan fingerprint density at radius 3 is 2.43 bits per heavy atom. The molecule has 1 aromatic heterocycles. The summed E-state index contributed by atoms with van der Waals surface area (Å²) in [5.41, 5.74) is 1.48. The zero-order valence-electron chi connectivity index (χ0n) is 16.1. The molecule has 0 radical (unpaired) electrons. The Bertz CT molecular complexity index is 1010. The number of hydrogen-bond donors (Lipinski definition) is 1. The third-order valence-corrected chi connectivity index (χ3v) is 4.63. The van der Waals surface area contributed by atoms with Crippen molar-refractivity contribution in [3.8, 4) is 5.75 Å². The molecule has 0 aliphatic rings. The second kappa shape index (κ2) is 9.19. The van der Waals surface area contributed by atoms with Crippen LogP contribution in [0.25, 0.3) is 10.8 Å². The van der Waals surface area contributed by atoms with E-state index in [4.69, 9.17) is 9.47 Å². The Morgan fingerprint density at radius 1 is 1.04 bits per heavy atom. The van der Waals surface area contributed by atoms with Gasteiger partial charge in [-0.1, -0.05) is 30.3 Å². The van der Waals surface area contributed by atoms with Crippen molar-refractivity contribution < 1.29 is 14.3 Å². The molecule has 0 unspecified atom stereocenters. The molecule has 0 saturated heterocycles. The van der Waals surface area contributed by atoms with Gasteiger partial charge in [0.15, 0.2) is 0 Å². The summed E-state index contributed by atoms with van der Waals surface area (Å²) in [6.45, 7) is 1.32. The summed E-state index contributed by atoms with van der Waals surface area (Å²) in [7, 11) is 3.21. The number of aromatic nitrogens is 1. The third kappa shape index (κ3) is 4.40. The lowest BCUT2D eigenvalue weighted by molar-refractivity contribution is 0.0938. The minimum atomic E-state index is -0.216. The zero-order valence-corrected chi connectivity index (χ0v) is 16.1. The number of hydrogen-bond acceptors (Lipinski definition) is 4. The molecule has 1 amide bonds. The first-order valence-corrected chi connectivity index (χ1v) is 9.16. The normalized spacial score (nSPS) is 10.8. The maximum atomic E-state index is 12.9. The van der Waals surface area contributed by atoms with Gasteiger partial charge < -0.3 is 19.4 Å². The van der Waals surface area contributed by atoms with Crippen molar-refractivity contribution in [3.63, 3.8) is 0 Å². The lowest BCUT2D eigenvalue weighted by atomic mass is 10.1. The Labute approximate surface area is 163 Å². The number of methoxy groups -OCH3 is 2. The molecule has 0 aliphatic heterocycles. The molecule has 0 aliphatic carbocycles. The summed E-state index contributed by atoms with van der Waals surface area (Å²) in [4.78, 5) is 25.5. The van der Waals surface area contributed by atoms with E-state index in [1.165, 1.54) is 0 Å². The summed E-state index contributed by atoms with van der Waals surface area (Å²) in [6.07, 6.45) is 2.32. The molecule has 0 saturated carbocycles. The first kappa shape index (κ1) is 19.6. The molecular formula is C22H24N2O4. The van der Waals surface area contributed by atoms with E-state index in [2.05, 4.69) is 5.32 Å². The van der Waals surface area contributed by atoms with Gasteiger partial charge in [-0.05, 0) is 30.2 Å². The van der Waals surface area contributed by atoms with Gasteiger partial charge in [0, 0.05) is 37.2 Å². The highest BCUT2D eigenvalue weighted by Gasteiger charge is 2.14. The van der Waals surface area contributed by atoms with Crippen LogP contribution in [-0.2, 0) is 17.7 Å². The van der Waals surface area contributed by atoms with E-state index in [-0.39, 0.29) is 11.5 Å². The van der Waals surface area contributed by atoms with E-state index in [0.29, 0.717) is 42.5 Å². The molecule has 0 atom stereocenters. The van der Waals surface area contributed by atoms with Crippen molar-refractivity contribution in [2.45, 2.75) is 13.0 Å². The molecule has 0 bridgehead atoms. The SMILES string of the molecule is COCCNC(=O)c1cn(CCc2ccc(OC)cc2)c(=O)c2ccccc12. The quantitative estimate of drug-likeness (QED) is 0.610. The summed E-state index contributed by atoms with van der Waals surface area (Å²) < 4.78 is 11.8. The van der Waals surface area contributed by atoms with Gasteiger partial charge in [-0.15, -0.1) is 0 Å². The Kier molecular flexibility index (Phi) is 6.45. The molecule has 2 aromatic carbocycles. The van der Waals surface area contributed by atoms with Crippen molar-refractivity contribution in [1.82, 2.24) is 9.88 Å². The van der Waals surface area contributed by atoms with Crippen LogP contribution in [0.3, 0.4) is 0 Å². The summed E-state index contributed by atoms with van der Waals surface area (Å²) in [5.74, 6) is 0.577. The summed E-state index contributed by atoms with van der Waals surface area (Å²) in [5, 5.41) is 4.03. The predicted molar refractivity (Wildman–Crippen MR) is 109 cm³/mol. The Hall–Kier alpha value is -3.12. The van der Waals surface area contributed by atoms with Gasteiger partial charge in [0.25, 0.3) is 11.5 Å². The number of ether oxygens (including phenoxy) is 2. The van der Waals surface area contributed by atoms with Crippen LogP contribution in [-0.4, -0.2) is 37.8 Å². The van der Waals surface area contributed by atoms with Crippen LogP contribution in [0.15, 0.2) is 59.5 Å². The molecule has 3 aromatic rings. The second-order valence-corrected chi connectivity index (χ2v) is 6.43. The molecule has 6 nitrogen and oxygen atoms in total. The number of fused-ring (bicyclic) bond motifs is 1. The lowest BCUT2D eigenvalue weighted by Crippen LogP contribution is -2.30. The van der Waals surface area contributed by atoms with E-state index in [9.17, 15) is 9.59 Å². The largest absolute Gasteiger partial charge is 0.497 e. The van der Waals surface area contributed by atoms with Crippen molar-refractivity contribution >= 4 is 16.7 Å². The maximum absolute atomic E-state index is 12.9. The van der Waals surface area contributed by atoms with E-state index in [0.717, 1.165) is 11.3 Å². The minimum Gasteiger partial charge on any atom is -0.497 e. The highest BCUT2D eigenvalue weighted by Crippen LogP contribution is 2.16. The maximum Gasteiger partial charge on any atom is 0.258 e. The number of rotatable bonds is 8. The first-order chi connectivity index (χ1) is 13.6. The number of pyridine rings is 1. The van der Waals surface area contributed by atoms with Crippen LogP contribution in [0.5, 0.6) is 5.75 Å². The van der Waals surface area contributed by atoms with E-state index in [1.54, 1.807) is 37.1 Å². The van der Waals surface area contributed by atoms with Gasteiger partial charge in [-0.25, -0.2) is 0 Å². The van der Waals surface area contributed by atoms with Crippen LogP contribution >= 0.6 is 0 Å². The number of benzene rings is 2. The average molecular weight is 380 g/mol. The van der Waals surface area contributed by atoms with Crippen LogP contribution in [0.1, 0.15) is 15.9 Å². The van der Waals surface area contributed by atoms with Gasteiger partial charge in [0.05, 0.1) is 19.3 Å². The first-order valence-electron chi connectivity index (χ1n) is 9.16. The van der Waals surface area contributed by atoms with E-state index in [1.807, 2.05) is 36.4 Å². The minimum absolute atomic E-state index is 0.0995. The smallest absolute Gasteiger partial charge is 0.258 e. The number of nitrogens with zero attached hydrogens (tertiary/aromatic N) is 1. The topological polar surface area (TPSA) is 69.6 Å².